The maximum Gasteiger partial charge on any atom is 0.143 e. The van der Waals surface area contributed by atoms with Gasteiger partial charge in [0, 0.05) is 17.2 Å². The number of hydrazine groups is 1. The Morgan fingerprint density at radius 3 is 2.43 bits per heavy atom. The molecule has 1 rings (SSSR count). The molecule has 0 aliphatic carbocycles. The molecule has 0 fully saturated rings. The van der Waals surface area contributed by atoms with E-state index in [1.165, 1.54) is 0 Å². The maximum atomic E-state index is 5.35. The minimum atomic E-state index is -0.0449. The highest BCUT2D eigenvalue weighted by atomic mass is 15.3. The third-order valence-electron chi connectivity index (χ3n) is 1.96. The summed E-state index contributed by atoms with van der Waals surface area (Å²) in [5.41, 5.74) is 3.53. The summed E-state index contributed by atoms with van der Waals surface area (Å²) in [5, 5.41) is 0. The molecule has 0 atom stereocenters. The lowest BCUT2D eigenvalue weighted by Crippen LogP contribution is -2.19. The molecule has 1 aromatic rings. The summed E-state index contributed by atoms with van der Waals surface area (Å²) in [7, 11) is 0. The molecule has 3 N–H and O–H groups in total. The second-order valence-electron chi connectivity index (χ2n) is 4.32. The molecule has 1 heterocycles. The molecule has 0 unspecified atom stereocenters. The minimum Gasteiger partial charge on any atom is -0.308 e. The van der Waals surface area contributed by atoms with E-state index in [9.17, 15) is 0 Å². The Balaban J connectivity index is 3.17. The Hall–Kier alpha value is -1.16. The Kier molecular flexibility index (Phi) is 3.06. The molecule has 0 amide bonds. The number of hydrogen-bond acceptors (Lipinski definition) is 4. The number of aromatic nitrogens is 2. The molecular weight excluding hydrogens is 176 g/mol. The number of rotatable bonds is 2. The van der Waals surface area contributed by atoms with E-state index >= 15 is 0 Å². The molecule has 0 aliphatic rings. The lowest BCUT2D eigenvalue weighted by molar-refractivity contribution is 0.542. The summed E-state index contributed by atoms with van der Waals surface area (Å²) in [4.78, 5) is 8.79. The molecule has 0 aliphatic heterocycles. The van der Waals surface area contributed by atoms with Crippen LogP contribution in [-0.4, -0.2) is 9.97 Å². The van der Waals surface area contributed by atoms with Crippen molar-refractivity contribution >= 4 is 5.82 Å². The van der Waals surface area contributed by atoms with Crippen LogP contribution in [0.2, 0.25) is 0 Å². The van der Waals surface area contributed by atoms with E-state index in [0.29, 0.717) is 5.82 Å². The van der Waals surface area contributed by atoms with E-state index < -0.39 is 0 Å². The quantitative estimate of drug-likeness (QED) is 0.554. The molecule has 4 nitrogen and oxygen atoms in total. The topological polar surface area (TPSA) is 63.8 Å². The van der Waals surface area contributed by atoms with E-state index in [2.05, 4.69) is 43.1 Å². The van der Waals surface area contributed by atoms with Gasteiger partial charge < -0.3 is 5.43 Å². The van der Waals surface area contributed by atoms with Crippen molar-refractivity contribution in [2.45, 2.75) is 39.5 Å². The number of anilines is 1. The van der Waals surface area contributed by atoms with Crippen molar-refractivity contribution in [1.29, 1.82) is 0 Å². The molecule has 0 aromatic carbocycles. The van der Waals surface area contributed by atoms with Gasteiger partial charge in [0.25, 0.3) is 0 Å². The van der Waals surface area contributed by atoms with Crippen LogP contribution in [0.4, 0.5) is 5.82 Å². The average Bonchev–Trinajstić information content (AvgIpc) is 2.15. The Morgan fingerprint density at radius 1 is 1.36 bits per heavy atom. The van der Waals surface area contributed by atoms with Gasteiger partial charge in [-0.1, -0.05) is 27.7 Å². The van der Waals surface area contributed by atoms with Gasteiger partial charge in [-0.25, -0.2) is 15.8 Å². The van der Waals surface area contributed by atoms with Gasteiger partial charge in [0.15, 0.2) is 0 Å². The maximum absolute atomic E-state index is 5.35. The predicted octanol–water partition coefficient (Wildman–Crippen LogP) is 1.62. The predicted molar refractivity (Wildman–Crippen MR) is 57.9 cm³/mol. The first-order valence-electron chi connectivity index (χ1n) is 4.82. The van der Waals surface area contributed by atoms with Crippen LogP contribution in [0.1, 0.15) is 39.2 Å². The first kappa shape index (κ1) is 10.9. The Morgan fingerprint density at radius 2 is 2.00 bits per heavy atom. The zero-order valence-electron chi connectivity index (χ0n) is 9.26. The van der Waals surface area contributed by atoms with Crippen LogP contribution in [0.5, 0.6) is 0 Å². The van der Waals surface area contributed by atoms with Gasteiger partial charge in [-0.05, 0) is 6.42 Å². The second kappa shape index (κ2) is 3.92. The van der Waals surface area contributed by atoms with Crippen LogP contribution in [0, 0.1) is 0 Å². The first-order valence-corrected chi connectivity index (χ1v) is 4.82. The summed E-state index contributed by atoms with van der Waals surface area (Å²) >= 11 is 0. The summed E-state index contributed by atoms with van der Waals surface area (Å²) in [6, 6.07) is 1.87. The third-order valence-corrected chi connectivity index (χ3v) is 1.96. The minimum absolute atomic E-state index is 0.0449. The van der Waals surface area contributed by atoms with E-state index in [-0.39, 0.29) is 5.41 Å². The smallest absolute Gasteiger partial charge is 0.143 e. The fraction of sp³-hybridized carbons (Fsp3) is 0.600. The molecule has 78 valence electrons. The van der Waals surface area contributed by atoms with Crippen molar-refractivity contribution in [1.82, 2.24) is 9.97 Å². The highest BCUT2D eigenvalue weighted by Crippen LogP contribution is 2.20. The summed E-state index contributed by atoms with van der Waals surface area (Å²) < 4.78 is 0. The van der Waals surface area contributed by atoms with Crippen LogP contribution < -0.4 is 11.3 Å². The zero-order chi connectivity index (χ0) is 10.8. The standard InChI is InChI=1S/C10H18N4/c1-5-7-6-8(14-11)13-9(12-7)10(2,3)4/h6H,5,11H2,1-4H3,(H,12,13,14). The highest BCUT2D eigenvalue weighted by molar-refractivity contribution is 5.35. The molecule has 4 heteroatoms. The summed E-state index contributed by atoms with van der Waals surface area (Å²) in [6.07, 6.45) is 0.889. The molecule has 0 bridgehead atoms. The normalized spacial score (nSPS) is 11.5. The fourth-order valence-corrected chi connectivity index (χ4v) is 1.09. The number of nitrogen functional groups attached to an aromatic ring is 1. The third kappa shape index (κ3) is 2.42. The number of nitrogens with two attached hydrogens (primary N) is 1. The van der Waals surface area contributed by atoms with Crippen LogP contribution in [0.15, 0.2) is 6.07 Å². The first-order chi connectivity index (χ1) is 6.47. The fourth-order valence-electron chi connectivity index (χ4n) is 1.09. The van der Waals surface area contributed by atoms with Gasteiger partial charge >= 0.3 is 0 Å². The molecule has 14 heavy (non-hydrogen) atoms. The monoisotopic (exact) mass is 194 g/mol. The number of hydrogen-bond donors (Lipinski definition) is 2. The molecule has 0 saturated heterocycles. The van der Waals surface area contributed by atoms with Crippen molar-refractivity contribution in [3.05, 3.63) is 17.6 Å². The molecule has 0 saturated carbocycles. The van der Waals surface area contributed by atoms with E-state index in [0.717, 1.165) is 17.9 Å². The van der Waals surface area contributed by atoms with Crippen molar-refractivity contribution in [3.8, 4) is 0 Å². The van der Waals surface area contributed by atoms with Crippen LogP contribution in [-0.2, 0) is 11.8 Å². The molecule has 1 aromatic heterocycles. The molecular formula is C10H18N4. The van der Waals surface area contributed by atoms with E-state index in [1.807, 2.05) is 6.07 Å². The van der Waals surface area contributed by atoms with Crippen LogP contribution >= 0.6 is 0 Å². The van der Waals surface area contributed by atoms with Crippen LogP contribution in [0.25, 0.3) is 0 Å². The van der Waals surface area contributed by atoms with E-state index in [4.69, 9.17) is 5.84 Å². The number of nitrogens with zero attached hydrogens (tertiary/aromatic N) is 2. The average molecular weight is 194 g/mol. The van der Waals surface area contributed by atoms with Gasteiger partial charge in [0.05, 0.1) is 0 Å². The van der Waals surface area contributed by atoms with Crippen molar-refractivity contribution < 1.29 is 0 Å². The zero-order valence-corrected chi connectivity index (χ0v) is 9.26. The summed E-state index contributed by atoms with van der Waals surface area (Å²) in [5.74, 6) is 6.85. The summed E-state index contributed by atoms with van der Waals surface area (Å²) in [6.45, 7) is 8.32. The Labute approximate surface area is 84.9 Å². The largest absolute Gasteiger partial charge is 0.308 e. The lowest BCUT2D eigenvalue weighted by Gasteiger charge is -2.18. The van der Waals surface area contributed by atoms with E-state index in [1.54, 1.807) is 0 Å². The number of aryl methyl sites for hydroxylation is 1. The van der Waals surface area contributed by atoms with Gasteiger partial charge in [-0.3, -0.25) is 0 Å². The molecule has 0 spiro atoms. The Bertz CT molecular complexity index is 292. The molecule has 0 radical (unpaired) electrons. The van der Waals surface area contributed by atoms with Gasteiger partial charge in [0.1, 0.15) is 11.6 Å². The second-order valence-corrected chi connectivity index (χ2v) is 4.32. The number of nitrogens with one attached hydrogen (secondary N) is 1. The van der Waals surface area contributed by atoms with Crippen molar-refractivity contribution in [3.63, 3.8) is 0 Å². The SMILES string of the molecule is CCc1cc(NN)nc(C(C)(C)C)n1. The van der Waals surface area contributed by atoms with Gasteiger partial charge in [-0.15, -0.1) is 0 Å². The lowest BCUT2D eigenvalue weighted by atomic mass is 9.95. The van der Waals surface area contributed by atoms with Crippen molar-refractivity contribution in [2.75, 3.05) is 5.43 Å². The van der Waals surface area contributed by atoms with Gasteiger partial charge in [-0.2, -0.15) is 0 Å². The van der Waals surface area contributed by atoms with Gasteiger partial charge in [0.2, 0.25) is 0 Å². The van der Waals surface area contributed by atoms with Crippen LogP contribution in [0.3, 0.4) is 0 Å². The van der Waals surface area contributed by atoms with Crippen molar-refractivity contribution in [2.24, 2.45) is 5.84 Å². The highest BCUT2D eigenvalue weighted by Gasteiger charge is 2.18.